The van der Waals surface area contributed by atoms with E-state index < -0.39 is 34.5 Å². The van der Waals surface area contributed by atoms with Gasteiger partial charge in [0.1, 0.15) is 6.04 Å². The van der Waals surface area contributed by atoms with Crippen molar-refractivity contribution in [2.75, 3.05) is 6.61 Å². The van der Waals surface area contributed by atoms with E-state index in [2.05, 4.69) is 11.9 Å². The first-order valence-electron chi connectivity index (χ1n) is 7.01. The number of aromatic hydroxyl groups is 1. The summed E-state index contributed by atoms with van der Waals surface area (Å²) in [6, 6.07) is 2.55. The Morgan fingerprint density at radius 3 is 2.67 bits per heavy atom. The molecular formula is C15H18N2O7. The molecule has 0 aliphatic heterocycles. The van der Waals surface area contributed by atoms with Crippen LogP contribution in [0, 0.1) is 10.1 Å². The van der Waals surface area contributed by atoms with Crippen molar-refractivity contribution in [2.45, 2.75) is 26.3 Å². The zero-order valence-electron chi connectivity index (χ0n) is 13.3. The lowest BCUT2D eigenvalue weighted by Gasteiger charge is -2.17. The third-order valence-corrected chi connectivity index (χ3v) is 2.81. The third-order valence-electron chi connectivity index (χ3n) is 2.81. The van der Waals surface area contributed by atoms with E-state index in [9.17, 15) is 24.8 Å². The molecule has 0 unspecified atom stereocenters. The number of benzene rings is 1. The lowest BCUT2D eigenvalue weighted by Crippen LogP contribution is -2.43. The minimum Gasteiger partial charge on any atom is -0.502 e. The summed E-state index contributed by atoms with van der Waals surface area (Å²) in [6.45, 7) is 6.57. The highest BCUT2D eigenvalue weighted by Crippen LogP contribution is 2.26. The van der Waals surface area contributed by atoms with E-state index in [0.717, 1.165) is 12.1 Å². The van der Waals surface area contributed by atoms with Crippen LogP contribution >= 0.6 is 0 Å². The van der Waals surface area contributed by atoms with Gasteiger partial charge in [-0.05, 0) is 25.5 Å². The monoisotopic (exact) mass is 338 g/mol. The molecule has 0 radical (unpaired) electrons. The number of hydrogen-bond acceptors (Lipinski definition) is 7. The molecule has 9 heteroatoms. The number of amides is 1. The summed E-state index contributed by atoms with van der Waals surface area (Å²) < 4.78 is 9.60. The Hall–Kier alpha value is -3.10. The molecule has 1 aromatic rings. The first-order valence-corrected chi connectivity index (χ1v) is 7.01. The summed E-state index contributed by atoms with van der Waals surface area (Å²) in [4.78, 5) is 33.7. The van der Waals surface area contributed by atoms with Gasteiger partial charge in [0.2, 0.25) is 0 Å². The Bertz CT molecular complexity index is 657. The molecule has 1 aromatic carbocycles. The summed E-state index contributed by atoms with van der Waals surface area (Å²) in [5.74, 6) is -1.08. The highest BCUT2D eigenvalue weighted by atomic mass is 16.6. The number of carbonyl (C=O) groups is 2. The van der Waals surface area contributed by atoms with Crippen LogP contribution < -0.4 is 5.32 Å². The molecule has 1 amide bonds. The van der Waals surface area contributed by atoms with Crippen LogP contribution in [-0.2, 0) is 20.7 Å². The number of hydrogen-bond donors (Lipinski definition) is 2. The first kappa shape index (κ1) is 18.9. The van der Waals surface area contributed by atoms with E-state index in [0.29, 0.717) is 5.56 Å². The molecule has 0 saturated carbocycles. The second-order valence-corrected chi connectivity index (χ2v) is 4.82. The summed E-state index contributed by atoms with van der Waals surface area (Å²) in [5, 5.41) is 22.6. The van der Waals surface area contributed by atoms with Crippen molar-refractivity contribution in [3.63, 3.8) is 0 Å². The molecular weight excluding hydrogens is 320 g/mol. The van der Waals surface area contributed by atoms with Crippen molar-refractivity contribution in [2.24, 2.45) is 0 Å². The molecule has 1 rings (SSSR count). The number of allylic oxidation sites excluding steroid dienone is 1. The van der Waals surface area contributed by atoms with Gasteiger partial charge in [-0.15, -0.1) is 0 Å². The fraction of sp³-hybridized carbons (Fsp3) is 0.333. The van der Waals surface area contributed by atoms with Gasteiger partial charge in [0, 0.05) is 12.5 Å². The van der Waals surface area contributed by atoms with Crippen molar-refractivity contribution in [1.29, 1.82) is 0 Å². The van der Waals surface area contributed by atoms with Crippen LogP contribution in [-0.4, -0.2) is 34.7 Å². The topological polar surface area (TPSA) is 128 Å². The van der Waals surface area contributed by atoms with Gasteiger partial charge >= 0.3 is 17.7 Å². The van der Waals surface area contributed by atoms with Crippen molar-refractivity contribution >= 4 is 17.7 Å². The van der Waals surface area contributed by atoms with E-state index >= 15 is 0 Å². The fourth-order valence-corrected chi connectivity index (χ4v) is 1.84. The standard InChI is InChI=1S/C15H18N2O7/c1-4-23-14(19)11(16-15(20)24-9(2)3)7-10-5-6-13(18)12(8-10)17(21)22/h5-6,8,11,18H,2,4,7H2,1,3H3,(H,16,20)/t11-/m0/s1. The van der Waals surface area contributed by atoms with Crippen molar-refractivity contribution in [1.82, 2.24) is 5.32 Å². The van der Waals surface area contributed by atoms with Crippen LogP contribution in [0.25, 0.3) is 0 Å². The van der Waals surface area contributed by atoms with E-state index in [1.165, 1.54) is 13.0 Å². The van der Waals surface area contributed by atoms with E-state index in [1.54, 1.807) is 6.92 Å². The van der Waals surface area contributed by atoms with Gasteiger partial charge in [-0.3, -0.25) is 10.1 Å². The molecule has 9 nitrogen and oxygen atoms in total. The maximum atomic E-state index is 12.0. The van der Waals surface area contributed by atoms with Crippen LogP contribution in [0.2, 0.25) is 0 Å². The van der Waals surface area contributed by atoms with E-state index in [4.69, 9.17) is 9.47 Å². The number of phenolic OH excluding ortho intramolecular Hbond substituents is 1. The van der Waals surface area contributed by atoms with Gasteiger partial charge < -0.3 is 19.9 Å². The van der Waals surface area contributed by atoms with Crippen LogP contribution in [0.1, 0.15) is 19.4 Å². The van der Waals surface area contributed by atoms with Gasteiger partial charge in [0.15, 0.2) is 5.75 Å². The van der Waals surface area contributed by atoms with Gasteiger partial charge in [-0.2, -0.15) is 0 Å². The lowest BCUT2D eigenvalue weighted by atomic mass is 10.0. The number of esters is 1. The van der Waals surface area contributed by atoms with Crippen molar-refractivity contribution in [3.8, 4) is 5.75 Å². The molecule has 1 atom stereocenters. The Morgan fingerprint density at radius 2 is 2.12 bits per heavy atom. The van der Waals surface area contributed by atoms with Crippen LogP contribution in [0.3, 0.4) is 0 Å². The predicted molar refractivity (Wildman–Crippen MR) is 83.3 cm³/mol. The lowest BCUT2D eigenvalue weighted by molar-refractivity contribution is -0.385. The van der Waals surface area contributed by atoms with Crippen molar-refractivity contribution in [3.05, 3.63) is 46.2 Å². The summed E-state index contributed by atoms with van der Waals surface area (Å²) >= 11 is 0. The Kier molecular flexibility index (Phi) is 6.72. The minimum atomic E-state index is -1.11. The van der Waals surface area contributed by atoms with E-state index in [1.807, 2.05) is 0 Å². The number of carbonyl (C=O) groups excluding carboxylic acids is 2. The SMILES string of the molecule is C=C(C)OC(=O)N[C@@H](Cc1ccc(O)c([N+](=O)[O-])c1)C(=O)OCC. The summed E-state index contributed by atoms with van der Waals surface area (Å²) in [7, 11) is 0. The Balaban J connectivity index is 2.97. The smallest absolute Gasteiger partial charge is 0.412 e. The highest BCUT2D eigenvalue weighted by Gasteiger charge is 2.25. The Labute approximate surface area is 138 Å². The molecule has 0 saturated heterocycles. The molecule has 0 fully saturated rings. The number of nitrogens with zero attached hydrogens (tertiary/aromatic N) is 1. The number of nitrogens with one attached hydrogen (secondary N) is 1. The number of nitro benzene ring substituents is 1. The van der Waals surface area contributed by atoms with Crippen LogP contribution in [0.4, 0.5) is 10.5 Å². The second kappa shape index (κ2) is 8.51. The van der Waals surface area contributed by atoms with Gasteiger partial charge in [-0.25, -0.2) is 9.59 Å². The molecule has 0 bridgehead atoms. The fourth-order valence-electron chi connectivity index (χ4n) is 1.84. The average Bonchev–Trinajstić information content (AvgIpc) is 2.47. The molecule has 0 spiro atoms. The summed E-state index contributed by atoms with van der Waals surface area (Å²) in [6.07, 6.45) is -0.973. The average molecular weight is 338 g/mol. The number of rotatable bonds is 7. The zero-order valence-corrected chi connectivity index (χ0v) is 13.3. The number of phenols is 1. The van der Waals surface area contributed by atoms with Crippen LogP contribution in [0.15, 0.2) is 30.5 Å². The normalized spacial score (nSPS) is 11.2. The predicted octanol–water partition coefficient (Wildman–Crippen LogP) is 2.03. The number of alkyl carbamates (subject to hydrolysis) is 1. The Morgan fingerprint density at radius 1 is 1.46 bits per heavy atom. The molecule has 0 aliphatic rings. The third kappa shape index (κ3) is 5.59. The highest BCUT2D eigenvalue weighted by molar-refractivity contribution is 5.82. The quantitative estimate of drug-likeness (QED) is 0.337. The van der Waals surface area contributed by atoms with Crippen LogP contribution in [0.5, 0.6) is 5.75 Å². The van der Waals surface area contributed by atoms with Crippen molar-refractivity contribution < 1.29 is 29.1 Å². The molecule has 0 aromatic heterocycles. The number of ether oxygens (including phenoxy) is 2. The molecule has 2 N–H and O–H groups in total. The number of nitro groups is 1. The second-order valence-electron chi connectivity index (χ2n) is 4.82. The largest absolute Gasteiger partial charge is 0.502 e. The molecule has 24 heavy (non-hydrogen) atoms. The minimum absolute atomic E-state index is 0.0781. The zero-order chi connectivity index (χ0) is 18.3. The summed E-state index contributed by atoms with van der Waals surface area (Å²) in [5.41, 5.74) is -0.146. The van der Waals surface area contributed by atoms with Gasteiger partial charge in [0.25, 0.3) is 0 Å². The van der Waals surface area contributed by atoms with Gasteiger partial charge in [-0.1, -0.05) is 12.6 Å². The maximum absolute atomic E-state index is 12.0. The first-order chi connectivity index (χ1) is 11.2. The molecule has 0 heterocycles. The molecule has 130 valence electrons. The molecule has 0 aliphatic carbocycles. The van der Waals surface area contributed by atoms with Gasteiger partial charge in [0.05, 0.1) is 17.3 Å². The van der Waals surface area contributed by atoms with E-state index in [-0.39, 0.29) is 18.8 Å². The maximum Gasteiger partial charge on any atom is 0.412 e.